The number of carbonyl (C=O) groups is 1. The number of nitrogens with zero attached hydrogens (tertiary/aromatic N) is 1. The zero-order valence-corrected chi connectivity index (χ0v) is 16.4. The third kappa shape index (κ3) is 2.88. The quantitative estimate of drug-likeness (QED) is 0.286. The first-order valence-electron chi connectivity index (χ1n) is 9.78. The highest BCUT2D eigenvalue weighted by molar-refractivity contribution is 6.05. The lowest BCUT2D eigenvalue weighted by molar-refractivity contribution is 0.0527. The fourth-order valence-corrected chi connectivity index (χ4v) is 3.94. The molecule has 150 valence electrons. The van der Waals surface area contributed by atoms with Crippen molar-refractivity contribution in [1.29, 1.82) is 0 Å². The zero-order valence-electron chi connectivity index (χ0n) is 16.4. The van der Waals surface area contributed by atoms with Crippen molar-refractivity contribution in [3.05, 3.63) is 82.2 Å². The molecule has 30 heavy (non-hydrogen) atoms. The first kappa shape index (κ1) is 18.2. The van der Waals surface area contributed by atoms with Crippen molar-refractivity contribution in [3.8, 4) is 5.75 Å². The minimum absolute atomic E-state index is 0.271. The minimum atomic E-state index is -0.380. The van der Waals surface area contributed by atoms with Crippen molar-refractivity contribution in [3.63, 3.8) is 0 Å². The standard InChI is InChI=1S/C24H19NO5/c1-2-28-23(26)18-9-5-6-10-20(18)25-13-19-21(29-14-25)12-11-16-15-7-3-4-8-17(15)24(27)30-22(16)19/h3-12H,2,13-14H2,1H3. The predicted molar refractivity (Wildman–Crippen MR) is 114 cm³/mol. The van der Waals surface area contributed by atoms with Gasteiger partial charge in [0.25, 0.3) is 0 Å². The molecule has 1 aliphatic rings. The van der Waals surface area contributed by atoms with Gasteiger partial charge in [0, 0.05) is 5.39 Å². The molecule has 0 spiro atoms. The molecule has 0 fully saturated rings. The van der Waals surface area contributed by atoms with E-state index in [-0.39, 0.29) is 18.3 Å². The molecule has 0 amide bonds. The van der Waals surface area contributed by atoms with Gasteiger partial charge in [-0.2, -0.15) is 0 Å². The van der Waals surface area contributed by atoms with E-state index in [0.717, 1.165) is 16.3 Å². The summed E-state index contributed by atoms with van der Waals surface area (Å²) in [5, 5.41) is 2.25. The summed E-state index contributed by atoms with van der Waals surface area (Å²) in [5.41, 5.74) is 2.09. The van der Waals surface area contributed by atoms with Crippen LogP contribution < -0.4 is 15.3 Å². The topological polar surface area (TPSA) is 69.0 Å². The van der Waals surface area contributed by atoms with E-state index in [2.05, 4.69) is 0 Å². The van der Waals surface area contributed by atoms with Crippen LogP contribution in [0.5, 0.6) is 5.75 Å². The maximum absolute atomic E-state index is 12.6. The highest BCUT2D eigenvalue weighted by atomic mass is 16.5. The minimum Gasteiger partial charge on any atom is -0.473 e. The highest BCUT2D eigenvalue weighted by Crippen LogP contribution is 2.36. The number of carbonyl (C=O) groups excluding carboxylic acids is 1. The Kier molecular flexibility index (Phi) is 4.39. The average molecular weight is 401 g/mol. The molecule has 0 N–H and O–H groups in total. The van der Waals surface area contributed by atoms with E-state index in [9.17, 15) is 9.59 Å². The van der Waals surface area contributed by atoms with Gasteiger partial charge in [0.05, 0.1) is 35.4 Å². The molecule has 2 heterocycles. The average Bonchev–Trinajstić information content (AvgIpc) is 2.79. The Balaban J connectivity index is 1.64. The van der Waals surface area contributed by atoms with Gasteiger partial charge in [-0.25, -0.2) is 9.59 Å². The fraction of sp³-hybridized carbons (Fsp3) is 0.167. The van der Waals surface area contributed by atoms with Gasteiger partial charge in [-0.05, 0) is 42.6 Å². The second-order valence-electron chi connectivity index (χ2n) is 7.06. The van der Waals surface area contributed by atoms with Gasteiger partial charge in [0.15, 0.2) is 6.73 Å². The number of anilines is 1. The van der Waals surface area contributed by atoms with Crippen LogP contribution in [0.2, 0.25) is 0 Å². The molecule has 5 rings (SSSR count). The van der Waals surface area contributed by atoms with Crippen molar-refractivity contribution in [2.75, 3.05) is 18.2 Å². The summed E-state index contributed by atoms with van der Waals surface area (Å²) in [6.07, 6.45) is 0. The van der Waals surface area contributed by atoms with E-state index in [4.69, 9.17) is 13.9 Å². The molecule has 6 nitrogen and oxygen atoms in total. The van der Waals surface area contributed by atoms with E-state index in [0.29, 0.717) is 41.1 Å². The Labute approximate surface area is 172 Å². The number of ether oxygens (including phenoxy) is 2. The number of rotatable bonds is 3. The van der Waals surface area contributed by atoms with Crippen LogP contribution >= 0.6 is 0 Å². The third-order valence-corrected chi connectivity index (χ3v) is 5.31. The zero-order chi connectivity index (χ0) is 20.7. The number of benzene rings is 3. The number of esters is 1. The van der Waals surface area contributed by atoms with Crippen molar-refractivity contribution in [2.24, 2.45) is 0 Å². The molecule has 0 bridgehead atoms. The summed E-state index contributed by atoms with van der Waals surface area (Å²) < 4.78 is 16.9. The molecular weight excluding hydrogens is 382 g/mol. The molecule has 0 saturated carbocycles. The van der Waals surface area contributed by atoms with Gasteiger partial charge in [-0.3, -0.25) is 0 Å². The van der Waals surface area contributed by atoms with Gasteiger partial charge >= 0.3 is 11.6 Å². The normalized spacial score (nSPS) is 13.2. The van der Waals surface area contributed by atoms with Crippen LogP contribution in [0.3, 0.4) is 0 Å². The molecule has 0 atom stereocenters. The Morgan fingerprint density at radius 3 is 2.60 bits per heavy atom. The van der Waals surface area contributed by atoms with Crippen LogP contribution in [0, 0.1) is 0 Å². The molecular formula is C24H19NO5. The second-order valence-corrected chi connectivity index (χ2v) is 7.06. The third-order valence-electron chi connectivity index (χ3n) is 5.31. The van der Waals surface area contributed by atoms with E-state index < -0.39 is 0 Å². The Morgan fingerprint density at radius 2 is 1.77 bits per heavy atom. The molecule has 3 aromatic carbocycles. The maximum Gasteiger partial charge on any atom is 0.344 e. The summed E-state index contributed by atoms with van der Waals surface area (Å²) in [5.74, 6) is 0.292. The number of hydrogen-bond acceptors (Lipinski definition) is 6. The monoisotopic (exact) mass is 401 g/mol. The van der Waals surface area contributed by atoms with Crippen LogP contribution in [0.15, 0.2) is 69.9 Å². The Morgan fingerprint density at radius 1 is 1.00 bits per heavy atom. The van der Waals surface area contributed by atoms with Gasteiger partial charge in [-0.15, -0.1) is 0 Å². The van der Waals surface area contributed by atoms with Gasteiger partial charge < -0.3 is 18.8 Å². The van der Waals surface area contributed by atoms with Crippen LogP contribution in [0.1, 0.15) is 22.8 Å². The van der Waals surface area contributed by atoms with Crippen LogP contribution in [0.4, 0.5) is 5.69 Å². The summed E-state index contributed by atoms with van der Waals surface area (Å²) in [6, 6.07) is 18.5. The van der Waals surface area contributed by atoms with E-state index >= 15 is 0 Å². The summed E-state index contributed by atoms with van der Waals surface area (Å²) in [4.78, 5) is 26.9. The van der Waals surface area contributed by atoms with Crippen molar-refractivity contribution >= 4 is 33.4 Å². The molecule has 4 aromatic rings. The molecule has 0 unspecified atom stereocenters. The Hall–Kier alpha value is -3.80. The first-order valence-corrected chi connectivity index (χ1v) is 9.78. The maximum atomic E-state index is 12.6. The Bertz CT molecular complexity index is 1340. The van der Waals surface area contributed by atoms with Crippen molar-refractivity contribution < 1.29 is 18.7 Å². The number of para-hydroxylation sites is 1. The van der Waals surface area contributed by atoms with Gasteiger partial charge in [0.2, 0.25) is 0 Å². The van der Waals surface area contributed by atoms with E-state index in [1.165, 1.54) is 0 Å². The van der Waals surface area contributed by atoms with Crippen LogP contribution in [-0.4, -0.2) is 19.3 Å². The van der Waals surface area contributed by atoms with E-state index in [1.54, 1.807) is 25.1 Å². The lowest BCUT2D eigenvalue weighted by Crippen LogP contribution is -2.33. The van der Waals surface area contributed by atoms with Gasteiger partial charge in [0.1, 0.15) is 11.3 Å². The molecule has 0 saturated heterocycles. The summed E-state index contributed by atoms with van der Waals surface area (Å²) in [7, 11) is 0. The lowest BCUT2D eigenvalue weighted by Gasteiger charge is -2.32. The molecule has 1 aromatic heterocycles. The number of hydrogen-bond donors (Lipinski definition) is 0. The van der Waals surface area contributed by atoms with Crippen LogP contribution in [0.25, 0.3) is 21.7 Å². The largest absolute Gasteiger partial charge is 0.473 e. The summed E-state index contributed by atoms with van der Waals surface area (Å²) >= 11 is 0. The molecule has 6 heteroatoms. The van der Waals surface area contributed by atoms with Crippen LogP contribution in [-0.2, 0) is 11.3 Å². The lowest BCUT2D eigenvalue weighted by atomic mass is 10.0. The number of fused-ring (bicyclic) bond motifs is 5. The second kappa shape index (κ2) is 7.22. The smallest absolute Gasteiger partial charge is 0.344 e. The predicted octanol–water partition coefficient (Wildman–Crippen LogP) is 4.48. The summed E-state index contributed by atoms with van der Waals surface area (Å²) in [6.45, 7) is 2.78. The molecule has 0 radical (unpaired) electrons. The SMILES string of the molecule is CCOC(=O)c1ccccc1N1COc2ccc3c(oc(=O)c4ccccc43)c2C1. The van der Waals surface area contributed by atoms with Gasteiger partial charge in [-0.1, -0.05) is 30.3 Å². The van der Waals surface area contributed by atoms with E-state index in [1.807, 2.05) is 47.4 Å². The van der Waals surface area contributed by atoms with Crippen molar-refractivity contribution in [1.82, 2.24) is 0 Å². The fourth-order valence-electron chi connectivity index (χ4n) is 3.94. The highest BCUT2D eigenvalue weighted by Gasteiger charge is 2.25. The molecule has 0 aliphatic carbocycles. The first-order chi connectivity index (χ1) is 14.7. The van der Waals surface area contributed by atoms with Crippen molar-refractivity contribution in [2.45, 2.75) is 13.5 Å². The molecule has 1 aliphatic heterocycles.